The quantitative estimate of drug-likeness (QED) is 0.469. The molecule has 0 atom stereocenters. The number of oxazole rings is 1. The second-order valence-electron chi connectivity index (χ2n) is 8.72. The Morgan fingerprint density at radius 3 is 2.45 bits per heavy atom. The second-order valence-corrected chi connectivity index (χ2v) is 9.71. The van der Waals surface area contributed by atoms with Crippen LogP contribution in [0.2, 0.25) is 0 Å². The van der Waals surface area contributed by atoms with Gasteiger partial charge in [-0.25, -0.2) is 4.98 Å². The molecule has 1 amide bonds. The van der Waals surface area contributed by atoms with Crippen LogP contribution in [0.15, 0.2) is 46.9 Å². The molecule has 1 aliphatic heterocycles. The molecule has 1 fully saturated rings. The first-order valence-electron chi connectivity index (χ1n) is 11.7. The molecule has 33 heavy (non-hydrogen) atoms. The summed E-state index contributed by atoms with van der Waals surface area (Å²) in [6, 6.07) is 14.9. The van der Waals surface area contributed by atoms with Crippen LogP contribution in [0.5, 0.6) is 0 Å². The third-order valence-electron chi connectivity index (χ3n) is 6.30. The first kappa shape index (κ1) is 23.4. The predicted octanol–water partition coefficient (Wildman–Crippen LogP) is 5.41. The van der Waals surface area contributed by atoms with Crippen LogP contribution in [0.1, 0.15) is 35.1 Å². The lowest BCUT2D eigenvalue weighted by atomic mass is 10.1. The molecule has 0 bridgehead atoms. The maximum absolute atomic E-state index is 12.8. The number of piperazine rings is 1. The zero-order valence-electron chi connectivity index (χ0n) is 20.1. The van der Waals surface area contributed by atoms with Gasteiger partial charge in [-0.3, -0.25) is 4.79 Å². The van der Waals surface area contributed by atoms with Crippen molar-refractivity contribution in [3.05, 3.63) is 70.6 Å². The molecular formula is C27H33N3O2S. The highest BCUT2D eigenvalue weighted by Crippen LogP contribution is 2.26. The number of hydrogen-bond acceptors (Lipinski definition) is 5. The predicted molar refractivity (Wildman–Crippen MR) is 137 cm³/mol. The summed E-state index contributed by atoms with van der Waals surface area (Å²) in [4.78, 5) is 21.8. The number of nitrogens with zero attached hydrogens (tertiary/aromatic N) is 3. The molecule has 0 aliphatic carbocycles. The Morgan fingerprint density at radius 1 is 1.03 bits per heavy atom. The van der Waals surface area contributed by atoms with E-state index in [0.29, 0.717) is 17.4 Å². The summed E-state index contributed by atoms with van der Waals surface area (Å²) in [7, 11) is 0. The number of aryl methyl sites for hydroxylation is 4. The number of aromatic nitrogens is 1. The van der Waals surface area contributed by atoms with Gasteiger partial charge in [0.2, 0.25) is 11.8 Å². The van der Waals surface area contributed by atoms with Gasteiger partial charge in [0.15, 0.2) is 0 Å². The molecule has 2 heterocycles. The maximum Gasteiger partial charge on any atom is 0.232 e. The minimum Gasteiger partial charge on any atom is -0.441 e. The number of anilines is 1. The van der Waals surface area contributed by atoms with Crippen molar-refractivity contribution < 1.29 is 9.21 Å². The summed E-state index contributed by atoms with van der Waals surface area (Å²) in [5.41, 5.74) is 7.06. The van der Waals surface area contributed by atoms with Crippen LogP contribution in [0.4, 0.5) is 5.69 Å². The number of thioether (sulfide) groups is 1. The van der Waals surface area contributed by atoms with E-state index >= 15 is 0 Å². The van der Waals surface area contributed by atoms with Gasteiger partial charge >= 0.3 is 0 Å². The van der Waals surface area contributed by atoms with Gasteiger partial charge in [0.05, 0.1) is 11.4 Å². The molecule has 4 rings (SSSR count). The largest absolute Gasteiger partial charge is 0.441 e. The molecule has 1 aromatic heterocycles. The average molecular weight is 464 g/mol. The average Bonchev–Trinajstić information content (AvgIpc) is 3.21. The molecule has 3 aromatic rings. The van der Waals surface area contributed by atoms with Crippen LogP contribution in [-0.4, -0.2) is 47.7 Å². The molecular weight excluding hydrogens is 430 g/mol. The number of carbonyl (C=O) groups excluding carboxylic acids is 1. The lowest BCUT2D eigenvalue weighted by Gasteiger charge is -2.37. The van der Waals surface area contributed by atoms with E-state index in [2.05, 4.69) is 73.1 Å². The van der Waals surface area contributed by atoms with Crippen molar-refractivity contribution in [3.8, 4) is 11.5 Å². The van der Waals surface area contributed by atoms with Gasteiger partial charge < -0.3 is 14.2 Å². The summed E-state index contributed by atoms with van der Waals surface area (Å²) in [5.74, 6) is 2.83. The van der Waals surface area contributed by atoms with Gasteiger partial charge in [-0.2, -0.15) is 0 Å². The first-order valence-corrected chi connectivity index (χ1v) is 12.8. The van der Waals surface area contributed by atoms with E-state index in [1.54, 1.807) is 11.8 Å². The summed E-state index contributed by atoms with van der Waals surface area (Å²) in [6.07, 6.45) is 1.02. The molecule has 1 saturated heterocycles. The van der Waals surface area contributed by atoms with Crippen LogP contribution < -0.4 is 4.90 Å². The molecule has 0 unspecified atom stereocenters. The lowest BCUT2D eigenvalue weighted by molar-refractivity contribution is -0.128. The molecule has 0 radical (unpaired) electrons. The smallest absolute Gasteiger partial charge is 0.232 e. The third kappa shape index (κ3) is 5.61. The highest BCUT2D eigenvalue weighted by Gasteiger charge is 2.22. The monoisotopic (exact) mass is 463 g/mol. The van der Waals surface area contributed by atoms with Crippen LogP contribution >= 0.6 is 11.8 Å². The van der Waals surface area contributed by atoms with Crippen LogP contribution in [0.3, 0.4) is 0 Å². The Balaban J connectivity index is 1.27. The Kier molecular flexibility index (Phi) is 7.43. The minimum absolute atomic E-state index is 0.206. The minimum atomic E-state index is 0.206. The van der Waals surface area contributed by atoms with Gasteiger partial charge in [0, 0.05) is 43.2 Å². The van der Waals surface area contributed by atoms with E-state index in [1.807, 2.05) is 11.8 Å². The third-order valence-corrected chi connectivity index (χ3v) is 7.23. The van der Waals surface area contributed by atoms with Crippen LogP contribution in [0, 0.1) is 20.8 Å². The van der Waals surface area contributed by atoms with Crippen LogP contribution in [0.25, 0.3) is 11.5 Å². The molecule has 6 heteroatoms. The topological polar surface area (TPSA) is 49.6 Å². The summed E-state index contributed by atoms with van der Waals surface area (Å²) in [6.45, 7) is 11.7. The van der Waals surface area contributed by atoms with Crippen LogP contribution in [-0.2, 0) is 17.0 Å². The summed E-state index contributed by atoms with van der Waals surface area (Å²) < 4.78 is 5.89. The van der Waals surface area contributed by atoms with Crippen molar-refractivity contribution in [2.75, 3.05) is 36.8 Å². The second kappa shape index (κ2) is 10.5. The van der Waals surface area contributed by atoms with Crippen molar-refractivity contribution >= 4 is 23.4 Å². The van der Waals surface area contributed by atoms with Crippen molar-refractivity contribution in [2.24, 2.45) is 0 Å². The van der Waals surface area contributed by atoms with E-state index in [1.165, 1.54) is 22.4 Å². The molecule has 2 aromatic carbocycles. The number of hydrogen-bond donors (Lipinski definition) is 0. The zero-order chi connectivity index (χ0) is 23.4. The van der Waals surface area contributed by atoms with Gasteiger partial charge in [-0.05, 0) is 62.1 Å². The molecule has 0 spiro atoms. The van der Waals surface area contributed by atoms with Gasteiger partial charge in [-0.15, -0.1) is 11.8 Å². The fourth-order valence-corrected chi connectivity index (χ4v) is 5.07. The highest BCUT2D eigenvalue weighted by molar-refractivity contribution is 7.99. The van der Waals surface area contributed by atoms with Gasteiger partial charge in [-0.1, -0.05) is 31.2 Å². The van der Waals surface area contributed by atoms with Gasteiger partial charge in [0.1, 0.15) is 5.76 Å². The summed E-state index contributed by atoms with van der Waals surface area (Å²) in [5, 5.41) is 0. The molecule has 5 nitrogen and oxygen atoms in total. The molecule has 0 saturated carbocycles. The molecule has 174 valence electrons. The fourth-order valence-electron chi connectivity index (χ4n) is 4.15. The van der Waals surface area contributed by atoms with Crippen molar-refractivity contribution in [1.29, 1.82) is 0 Å². The van der Waals surface area contributed by atoms with E-state index in [0.717, 1.165) is 49.6 Å². The summed E-state index contributed by atoms with van der Waals surface area (Å²) >= 11 is 1.61. The first-order chi connectivity index (χ1) is 15.9. The fraction of sp³-hybridized carbons (Fsp3) is 0.407. The SMILES string of the molecule is CCc1ccc(-c2nc(CSCC(=O)N3CCN(c4cc(C)ccc4C)CC3)c(C)o2)cc1. The number of carbonyl (C=O) groups is 1. The van der Waals surface area contributed by atoms with Crippen molar-refractivity contribution in [1.82, 2.24) is 9.88 Å². The maximum atomic E-state index is 12.8. The Hall–Kier alpha value is -2.73. The molecule has 0 N–H and O–H groups in total. The normalized spacial score (nSPS) is 14.1. The number of benzene rings is 2. The number of amides is 1. The van der Waals surface area contributed by atoms with E-state index in [4.69, 9.17) is 4.42 Å². The Morgan fingerprint density at radius 2 is 1.76 bits per heavy atom. The Labute approximate surface area is 201 Å². The zero-order valence-corrected chi connectivity index (χ0v) is 20.9. The van der Waals surface area contributed by atoms with Gasteiger partial charge in [0.25, 0.3) is 0 Å². The van der Waals surface area contributed by atoms with Crippen molar-refractivity contribution in [3.63, 3.8) is 0 Å². The standard InChI is InChI=1S/C27H33N3O2S/c1-5-22-8-10-23(11-9-22)27-28-24(21(4)32-27)17-33-18-26(31)30-14-12-29(13-15-30)25-16-19(2)6-7-20(25)3/h6-11,16H,5,12-15,17-18H2,1-4H3. The lowest BCUT2D eigenvalue weighted by Crippen LogP contribution is -2.49. The molecule has 1 aliphatic rings. The van der Waals surface area contributed by atoms with E-state index in [9.17, 15) is 4.79 Å². The highest BCUT2D eigenvalue weighted by atomic mass is 32.2. The van der Waals surface area contributed by atoms with E-state index in [-0.39, 0.29) is 5.91 Å². The Bertz CT molecular complexity index is 1100. The van der Waals surface area contributed by atoms with E-state index < -0.39 is 0 Å². The number of rotatable bonds is 7. The van der Waals surface area contributed by atoms with Crippen molar-refractivity contribution in [2.45, 2.75) is 39.9 Å².